The normalized spacial score (nSPS) is 12.5. The topological polar surface area (TPSA) is 17.1 Å². The maximum Gasteiger partial charge on any atom is 0.176 e. The van der Waals surface area contributed by atoms with Gasteiger partial charge in [-0.15, -0.1) is 0 Å². The maximum atomic E-state index is 12.5. The van der Waals surface area contributed by atoms with Crippen LogP contribution in [-0.2, 0) is 0 Å². The van der Waals surface area contributed by atoms with Crippen molar-refractivity contribution in [2.45, 2.75) is 18.2 Å². The van der Waals surface area contributed by atoms with Gasteiger partial charge >= 0.3 is 0 Å². The average Bonchev–Trinajstić information content (AvgIpc) is 2.17. The highest BCUT2D eigenvalue weighted by molar-refractivity contribution is 9.10. The summed E-state index contributed by atoms with van der Waals surface area (Å²) in [6.07, 6.45) is 0.732. The molecule has 0 aliphatic carbocycles. The van der Waals surface area contributed by atoms with E-state index in [4.69, 9.17) is 0 Å². The van der Waals surface area contributed by atoms with Crippen molar-refractivity contribution in [1.29, 1.82) is 0 Å². The van der Waals surface area contributed by atoms with Gasteiger partial charge in [-0.05, 0) is 30.7 Å². The van der Waals surface area contributed by atoms with Crippen LogP contribution in [0.3, 0.4) is 0 Å². The van der Waals surface area contributed by atoms with Crippen LogP contribution in [0.25, 0.3) is 0 Å². The average molecular weight is 245 g/mol. The monoisotopic (exact) mass is 244 g/mol. The van der Waals surface area contributed by atoms with Gasteiger partial charge in [0.05, 0.1) is 4.83 Å². The predicted octanol–water partition coefficient (Wildman–Crippen LogP) is 3.18. The smallest absolute Gasteiger partial charge is 0.176 e. The van der Waals surface area contributed by atoms with Gasteiger partial charge in [0.1, 0.15) is 5.82 Å². The second-order valence-corrected chi connectivity index (χ2v) is 3.85. The zero-order valence-corrected chi connectivity index (χ0v) is 8.84. The Bertz CT molecular complexity index is 294. The minimum absolute atomic E-state index is 0.00231. The summed E-state index contributed by atoms with van der Waals surface area (Å²) in [5.41, 5.74) is 0.546. The van der Waals surface area contributed by atoms with E-state index in [2.05, 4.69) is 15.9 Å². The third-order valence-corrected chi connectivity index (χ3v) is 2.83. The Hall–Kier alpha value is -0.700. The Morgan fingerprint density at radius 3 is 2.46 bits per heavy atom. The largest absolute Gasteiger partial charge is 0.293 e. The van der Waals surface area contributed by atoms with Crippen LogP contribution in [0, 0.1) is 5.82 Å². The first-order chi connectivity index (χ1) is 6.15. The molecule has 13 heavy (non-hydrogen) atoms. The van der Waals surface area contributed by atoms with Crippen LogP contribution in [0.5, 0.6) is 0 Å². The molecule has 0 aliphatic rings. The van der Waals surface area contributed by atoms with Crippen molar-refractivity contribution in [3.8, 4) is 0 Å². The molecule has 0 bridgehead atoms. The van der Waals surface area contributed by atoms with Crippen LogP contribution < -0.4 is 0 Å². The molecule has 1 atom stereocenters. The summed E-state index contributed by atoms with van der Waals surface area (Å²) in [7, 11) is 0. The predicted molar refractivity (Wildman–Crippen MR) is 53.7 cm³/mol. The minimum Gasteiger partial charge on any atom is -0.293 e. The summed E-state index contributed by atoms with van der Waals surface area (Å²) in [6.45, 7) is 1.92. The third kappa shape index (κ3) is 2.62. The number of carbonyl (C=O) groups is 1. The minimum atomic E-state index is -0.320. The molecule has 1 aromatic carbocycles. The van der Waals surface area contributed by atoms with Crippen molar-refractivity contribution in [3.05, 3.63) is 35.6 Å². The van der Waals surface area contributed by atoms with Crippen LogP contribution in [0.15, 0.2) is 24.3 Å². The van der Waals surface area contributed by atoms with Crippen molar-refractivity contribution in [2.24, 2.45) is 0 Å². The van der Waals surface area contributed by atoms with Gasteiger partial charge in [0.15, 0.2) is 5.78 Å². The van der Waals surface area contributed by atoms with E-state index in [-0.39, 0.29) is 16.4 Å². The van der Waals surface area contributed by atoms with Gasteiger partial charge in [-0.3, -0.25) is 4.79 Å². The van der Waals surface area contributed by atoms with E-state index < -0.39 is 0 Å². The zero-order chi connectivity index (χ0) is 9.84. The molecule has 0 heterocycles. The number of hydrogen-bond donors (Lipinski definition) is 0. The number of carbonyl (C=O) groups excluding carboxylic acids is 1. The molecule has 0 fully saturated rings. The highest BCUT2D eigenvalue weighted by Gasteiger charge is 2.14. The van der Waals surface area contributed by atoms with E-state index in [1.165, 1.54) is 24.3 Å². The zero-order valence-electron chi connectivity index (χ0n) is 7.26. The van der Waals surface area contributed by atoms with Gasteiger partial charge in [0, 0.05) is 5.56 Å². The summed E-state index contributed by atoms with van der Waals surface area (Å²) in [4.78, 5) is 11.3. The standard InChI is InChI=1S/C10H10BrFO/c1-2-9(11)10(13)7-3-5-8(12)6-4-7/h3-6,9H,2H2,1H3/t9-/m1/s1. The first kappa shape index (κ1) is 10.4. The Labute approximate surface area is 85.1 Å². The lowest BCUT2D eigenvalue weighted by atomic mass is 10.1. The summed E-state index contributed by atoms with van der Waals surface area (Å²) in [5.74, 6) is -0.318. The first-order valence-corrected chi connectivity index (χ1v) is 5.00. The van der Waals surface area contributed by atoms with Crippen molar-refractivity contribution in [2.75, 3.05) is 0 Å². The molecule has 1 aromatic rings. The fourth-order valence-corrected chi connectivity index (χ4v) is 1.24. The van der Waals surface area contributed by atoms with E-state index in [1.54, 1.807) is 0 Å². The Balaban J connectivity index is 2.83. The number of halogens is 2. The highest BCUT2D eigenvalue weighted by atomic mass is 79.9. The number of rotatable bonds is 3. The van der Waals surface area contributed by atoms with Crippen molar-refractivity contribution in [1.82, 2.24) is 0 Å². The van der Waals surface area contributed by atoms with Gasteiger partial charge in [-0.2, -0.15) is 0 Å². The molecule has 0 unspecified atom stereocenters. The lowest BCUT2D eigenvalue weighted by Gasteiger charge is -2.04. The second kappa shape index (κ2) is 4.51. The van der Waals surface area contributed by atoms with Crippen molar-refractivity contribution < 1.29 is 9.18 Å². The number of ketones is 1. The van der Waals surface area contributed by atoms with Gasteiger partial charge in [-0.25, -0.2) is 4.39 Å². The summed E-state index contributed by atoms with van der Waals surface area (Å²) in [5, 5.41) is 0. The van der Waals surface area contributed by atoms with Gasteiger partial charge < -0.3 is 0 Å². The molecule has 0 spiro atoms. The summed E-state index contributed by atoms with van der Waals surface area (Å²) < 4.78 is 12.5. The van der Waals surface area contributed by atoms with Crippen molar-refractivity contribution in [3.63, 3.8) is 0 Å². The first-order valence-electron chi connectivity index (χ1n) is 4.09. The molecule has 1 rings (SSSR count). The van der Waals surface area contributed by atoms with Crippen LogP contribution >= 0.6 is 15.9 Å². The second-order valence-electron chi connectivity index (χ2n) is 2.75. The van der Waals surface area contributed by atoms with Gasteiger partial charge in [-0.1, -0.05) is 22.9 Å². The maximum absolute atomic E-state index is 12.5. The van der Waals surface area contributed by atoms with E-state index in [0.29, 0.717) is 5.56 Å². The van der Waals surface area contributed by atoms with Crippen LogP contribution in [0.2, 0.25) is 0 Å². The van der Waals surface area contributed by atoms with Crippen molar-refractivity contribution >= 4 is 21.7 Å². The molecule has 0 saturated carbocycles. The van der Waals surface area contributed by atoms with E-state index in [1.807, 2.05) is 6.92 Å². The Morgan fingerprint density at radius 2 is 2.00 bits per heavy atom. The number of Topliss-reactive ketones (excluding diaryl/α,β-unsaturated/α-hetero) is 1. The molecule has 3 heteroatoms. The number of benzene rings is 1. The van der Waals surface area contributed by atoms with E-state index >= 15 is 0 Å². The molecule has 0 saturated heterocycles. The van der Waals surface area contributed by atoms with E-state index in [9.17, 15) is 9.18 Å². The van der Waals surface area contributed by atoms with Crippen LogP contribution in [0.4, 0.5) is 4.39 Å². The SMILES string of the molecule is CC[C@@H](Br)C(=O)c1ccc(F)cc1. The highest BCUT2D eigenvalue weighted by Crippen LogP contribution is 2.13. The molecule has 0 N–H and O–H groups in total. The van der Waals surface area contributed by atoms with Crippen LogP contribution in [-0.4, -0.2) is 10.6 Å². The third-order valence-electron chi connectivity index (χ3n) is 1.77. The Morgan fingerprint density at radius 1 is 1.46 bits per heavy atom. The van der Waals surface area contributed by atoms with E-state index in [0.717, 1.165) is 6.42 Å². The molecular weight excluding hydrogens is 235 g/mol. The molecule has 0 aliphatic heterocycles. The fraction of sp³-hybridized carbons (Fsp3) is 0.300. The van der Waals surface area contributed by atoms with Gasteiger partial charge in [0.25, 0.3) is 0 Å². The molecular formula is C10H10BrFO. The quantitative estimate of drug-likeness (QED) is 0.590. The Kier molecular flexibility index (Phi) is 3.60. The summed E-state index contributed by atoms with van der Waals surface area (Å²) in [6, 6.07) is 5.59. The molecule has 70 valence electrons. The molecule has 0 aromatic heterocycles. The lowest BCUT2D eigenvalue weighted by Crippen LogP contribution is -2.12. The molecule has 0 amide bonds. The number of hydrogen-bond acceptors (Lipinski definition) is 1. The lowest BCUT2D eigenvalue weighted by molar-refractivity contribution is 0.0990. The molecule has 1 nitrogen and oxygen atoms in total. The van der Waals surface area contributed by atoms with Gasteiger partial charge in [0.2, 0.25) is 0 Å². The molecule has 0 radical (unpaired) electrons. The van der Waals surface area contributed by atoms with Crippen LogP contribution in [0.1, 0.15) is 23.7 Å². The number of alkyl halides is 1. The fourth-order valence-electron chi connectivity index (χ4n) is 0.980. The summed E-state index contributed by atoms with van der Waals surface area (Å²) >= 11 is 3.25.